The van der Waals surface area contributed by atoms with Crippen LogP contribution in [0.2, 0.25) is 0 Å². The molecule has 0 saturated heterocycles. The Kier molecular flexibility index (Phi) is 4.30. The summed E-state index contributed by atoms with van der Waals surface area (Å²) in [4.78, 5) is 21.2. The molecule has 6 nitrogen and oxygen atoms in total. The van der Waals surface area contributed by atoms with Crippen molar-refractivity contribution in [2.45, 2.75) is 6.92 Å². The lowest BCUT2D eigenvalue weighted by Crippen LogP contribution is -2.12. The highest BCUT2D eigenvalue weighted by Crippen LogP contribution is 2.31. The summed E-state index contributed by atoms with van der Waals surface area (Å²) in [5, 5.41) is 2.90. The Morgan fingerprint density at radius 3 is 2.78 bits per heavy atom. The Labute approximate surface area is 155 Å². The molecule has 0 bridgehead atoms. The number of fused-ring (bicyclic) bond motifs is 1. The minimum Gasteiger partial charge on any atom is -0.495 e. The van der Waals surface area contributed by atoms with Crippen LogP contribution >= 0.6 is 0 Å². The smallest absolute Gasteiger partial charge is 0.255 e. The fourth-order valence-electron chi connectivity index (χ4n) is 2.81. The van der Waals surface area contributed by atoms with Crippen LogP contribution in [0.5, 0.6) is 5.75 Å². The number of nitrogens with one attached hydrogen (secondary N) is 1. The van der Waals surface area contributed by atoms with E-state index in [0.717, 1.165) is 5.56 Å². The molecule has 2 aromatic heterocycles. The molecule has 4 aromatic rings. The van der Waals surface area contributed by atoms with E-state index in [1.807, 2.05) is 37.3 Å². The molecule has 0 aliphatic carbocycles. The van der Waals surface area contributed by atoms with Gasteiger partial charge in [-0.3, -0.25) is 4.79 Å². The van der Waals surface area contributed by atoms with E-state index in [1.54, 1.807) is 37.6 Å². The van der Waals surface area contributed by atoms with E-state index in [-0.39, 0.29) is 5.91 Å². The van der Waals surface area contributed by atoms with Gasteiger partial charge in [-0.1, -0.05) is 17.7 Å². The van der Waals surface area contributed by atoms with Crippen molar-refractivity contribution in [1.29, 1.82) is 0 Å². The monoisotopic (exact) mass is 359 g/mol. The molecule has 0 saturated carbocycles. The number of amides is 1. The summed E-state index contributed by atoms with van der Waals surface area (Å²) >= 11 is 0. The molecule has 0 fully saturated rings. The molecule has 0 atom stereocenters. The van der Waals surface area contributed by atoms with Gasteiger partial charge in [0.15, 0.2) is 11.2 Å². The third kappa shape index (κ3) is 3.37. The Balaban J connectivity index is 1.69. The normalized spacial score (nSPS) is 10.7. The van der Waals surface area contributed by atoms with Crippen molar-refractivity contribution < 1.29 is 13.9 Å². The number of aromatic nitrogens is 2. The van der Waals surface area contributed by atoms with Gasteiger partial charge in [-0.05, 0) is 49.4 Å². The zero-order chi connectivity index (χ0) is 18.8. The molecular formula is C21H17N3O3. The van der Waals surface area contributed by atoms with Gasteiger partial charge < -0.3 is 14.5 Å². The van der Waals surface area contributed by atoms with E-state index in [9.17, 15) is 4.79 Å². The Hall–Kier alpha value is -3.67. The first-order valence-corrected chi connectivity index (χ1v) is 8.42. The number of hydrogen-bond donors (Lipinski definition) is 1. The molecule has 0 unspecified atom stereocenters. The van der Waals surface area contributed by atoms with Gasteiger partial charge in [-0.15, -0.1) is 0 Å². The highest BCUT2D eigenvalue weighted by molar-refractivity contribution is 6.05. The number of anilines is 1. The lowest BCUT2D eigenvalue weighted by Gasteiger charge is -2.11. The molecule has 0 aliphatic rings. The van der Waals surface area contributed by atoms with Gasteiger partial charge in [0.1, 0.15) is 5.75 Å². The second-order valence-corrected chi connectivity index (χ2v) is 6.08. The van der Waals surface area contributed by atoms with Gasteiger partial charge >= 0.3 is 0 Å². The lowest BCUT2D eigenvalue weighted by molar-refractivity contribution is 0.102. The number of hydrogen-bond acceptors (Lipinski definition) is 5. The van der Waals surface area contributed by atoms with E-state index in [2.05, 4.69) is 15.3 Å². The molecule has 27 heavy (non-hydrogen) atoms. The minimum absolute atomic E-state index is 0.214. The second kappa shape index (κ2) is 6.92. The van der Waals surface area contributed by atoms with Gasteiger partial charge in [0.2, 0.25) is 5.89 Å². The molecule has 134 valence electrons. The first kappa shape index (κ1) is 16.8. The number of carbonyl (C=O) groups is 1. The number of aryl methyl sites for hydroxylation is 1. The Bertz CT molecular complexity index is 1100. The molecular weight excluding hydrogens is 342 g/mol. The molecule has 1 N–H and O–H groups in total. The topological polar surface area (TPSA) is 77.2 Å². The zero-order valence-corrected chi connectivity index (χ0v) is 14.9. The van der Waals surface area contributed by atoms with Gasteiger partial charge in [-0.2, -0.15) is 4.98 Å². The molecule has 0 radical (unpaired) electrons. The van der Waals surface area contributed by atoms with Crippen LogP contribution in [-0.4, -0.2) is 23.0 Å². The molecule has 2 aromatic carbocycles. The quantitative estimate of drug-likeness (QED) is 0.582. The van der Waals surface area contributed by atoms with Crippen molar-refractivity contribution >= 4 is 22.8 Å². The van der Waals surface area contributed by atoms with E-state index in [0.29, 0.717) is 39.7 Å². The van der Waals surface area contributed by atoms with Crippen molar-refractivity contribution in [2.24, 2.45) is 0 Å². The molecule has 0 aliphatic heterocycles. The number of rotatable bonds is 4. The lowest BCUT2D eigenvalue weighted by atomic mass is 10.1. The molecule has 2 heterocycles. The number of oxazole rings is 1. The Morgan fingerprint density at radius 1 is 1.11 bits per heavy atom. The average Bonchev–Trinajstić information content (AvgIpc) is 3.12. The van der Waals surface area contributed by atoms with Gasteiger partial charge in [0, 0.05) is 17.3 Å². The van der Waals surface area contributed by atoms with Crippen LogP contribution in [0.25, 0.3) is 22.7 Å². The number of pyridine rings is 1. The van der Waals surface area contributed by atoms with Crippen molar-refractivity contribution in [3.8, 4) is 17.2 Å². The third-order valence-electron chi connectivity index (χ3n) is 4.14. The number of ether oxygens (including phenoxy) is 1. The summed E-state index contributed by atoms with van der Waals surface area (Å²) in [6.45, 7) is 1.94. The van der Waals surface area contributed by atoms with Crippen LogP contribution in [0.15, 0.2) is 65.2 Å². The van der Waals surface area contributed by atoms with Crippen LogP contribution in [0.4, 0.5) is 5.69 Å². The van der Waals surface area contributed by atoms with Crippen LogP contribution in [0.3, 0.4) is 0 Å². The first-order chi connectivity index (χ1) is 13.1. The molecule has 6 heteroatoms. The predicted octanol–water partition coefficient (Wildman–Crippen LogP) is 4.46. The fraction of sp³-hybridized carbons (Fsp3) is 0.0952. The van der Waals surface area contributed by atoms with Crippen LogP contribution in [0.1, 0.15) is 15.9 Å². The standard InChI is InChI=1S/C21H17N3O3/c1-13-5-3-6-14(11-13)20(25)23-16-12-15(8-9-17(16)26-2)21-24-19-18(27-21)7-4-10-22-19/h3-12H,1-2H3,(H,23,25). The predicted molar refractivity (Wildman–Crippen MR) is 103 cm³/mol. The summed E-state index contributed by atoms with van der Waals surface area (Å²) in [6.07, 6.45) is 1.66. The average molecular weight is 359 g/mol. The summed E-state index contributed by atoms with van der Waals surface area (Å²) in [5.74, 6) is 0.764. The number of benzene rings is 2. The molecule has 0 spiro atoms. The molecule has 1 amide bonds. The highest BCUT2D eigenvalue weighted by atomic mass is 16.5. The SMILES string of the molecule is COc1ccc(-c2nc3ncccc3o2)cc1NC(=O)c1cccc(C)c1. The summed E-state index contributed by atoms with van der Waals surface area (Å²) in [7, 11) is 1.56. The van der Waals surface area contributed by atoms with Gasteiger partial charge in [0.25, 0.3) is 5.91 Å². The maximum Gasteiger partial charge on any atom is 0.255 e. The summed E-state index contributed by atoms with van der Waals surface area (Å²) in [5.41, 5.74) is 3.99. The van der Waals surface area contributed by atoms with Crippen molar-refractivity contribution in [1.82, 2.24) is 9.97 Å². The number of nitrogens with zero attached hydrogens (tertiary/aromatic N) is 2. The highest BCUT2D eigenvalue weighted by Gasteiger charge is 2.14. The van der Waals surface area contributed by atoms with E-state index in [4.69, 9.17) is 9.15 Å². The maximum absolute atomic E-state index is 12.6. The van der Waals surface area contributed by atoms with Gasteiger partial charge in [-0.25, -0.2) is 4.98 Å². The van der Waals surface area contributed by atoms with Crippen LogP contribution < -0.4 is 10.1 Å². The van der Waals surface area contributed by atoms with Crippen LogP contribution in [0, 0.1) is 6.92 Å². The zero-order valence-electron chi connectivity index (χ0n) is 14.9. The van der Waals surface area contributed by atoms with Crippen molar-refractivity contribution in [3.05, 3.63) is 71.9 Å². The Morgan fingerprint density at radius 2 is 2.00 bits per heavy atom. The van der Waals surface area contributed by atoms with E-state index in [1.165, 1.54) is 0 Å². The van der Waals surface area contributed by atoms with Gasteiger partial charge in [0.05, 0.1) is 12.8 Å². The van der Waals surface area contributed by atoms with Crippen LogP contribution in [-0.2, 0) is 0 Å². The number of carbonyl (C=O) groups excluding carboxylic acids is 1. The summed E-state index contributed by atoms with van der Waals surface area (Å²) in [6, 6.07) is 16.4. The van der Waals surface area contributed by atoms with Crippen molar-refractivity contribution in [3.63, 3.8) is 0 Å². The van der Waals surface area contributed by atoms with Crippen molar-refractivity contribution in [2.75, 3.05) is 12.4 Å². The maximum atomic E-state index is 12.6. The summed E-state index contributed by atoms with van der Waals surface area (Å²) < 4.78 is 11.1. The minimum atomic E-state index is -0.214. The molecule has 4 rings (SSSR count). The van der Waals surface area contributed by atoms with E-state index < -0.39 is 0 Å². The fourth-order valence-corrected chi connectivity index (χ4v) is 2.81. The number of methoxy groups -OCH3 is 1. The third-order valence-corrected chi connectivity index (χ3v) is 4.14. The largest absolute Gasteiger partial charge is 0.495 e. The first-order valence-electron chi connectivity index (χ1n) is 8.42. The van der Waals surface area contributed by atoms with E-state index >= 15 is 0 Å². The second-order valence-electron chi connectivity index (χ2n) is 6.08.